The Balaban J connectivity index is 4.22. The Hall–Kier alpha value is -3.15. The zero-order valence-corrected chi connectivity index (χ0v) is 54.8. The van der Waals surface area contributed by atoms with Gasteiger partial charge < -0.3 is 14.2 Å². The van der Waals surface area contributed by atoms with Gasteiger partial charge >= 0.3 is 17.9 Å². The molecule has 0 amide bonds. The summed E-state index contributed by atoms with van der Waals surface area (Å²) in [5.41, 5.74) is 0. The quantitative estimate of drug-likeness (QED) is 0.0261. The molecule has 0 spiro atoms. The number of ether oxygens (including phenoxy) is 3. The highest BCUT2D eigenvalue weighted by Crippen LogP contribution is 2.18. The van der Waals surface area contributed by atoms with Gasteiger partial charge in [-0.2, -0.15) is 0 Å². The van der Waals surface area contributed by atoms with E-state index in [1.807, 2.05) is 0 Å². The van der Waals surface area contributed by atoms with Crippen LogP contribution in [0.15, 0.2) is 72.9 Å². The first-order chi connectivity index (χ1) is 40.5. The van der Waals surface area contributed by atoms with Crippen molar-refractivity contribution in [2.24, 2.45) is 0 Å². The molecule has 0 N–H and O–H groups in total. The van der Waals surface area contributed by atoms with Gasteiger partial charge in [-0.3, -0.25) is 14.4 Å². The van der Waals surface area contributed by atoms with Crippen molar-refractivity contribution in [3.8, 4) is 0 Å². The molecule has 6 nitrogen and oxygen atoms in total. The van der Waals surface area contributed by atoms with Gasteiger partial charge in [-0.1, -0.05) is 338 Å². The topological polar surface area (TPSA) is 78.9 Å². The molecular formula is C76H136O6. The van der Waals surface area contributed by atoms with Crippen LogP contribution >= 0.6 is 0 Å². The van der Waals surface area contributed by atoms with Crippen molar-refractivity contribution < 1.29 is 28.6 Å². The molecule has 0 aliphatic rings. The maximum absolute atomic E-state index is 12.9. The van der Waals surface area contributed by atoms with Crippen molar-refractivity contribution in [2.75, 3.05) is 13.2 Å². The molecule has 0 aromatic carbocycles. The van der Waals surface area contributed by atoms with Crippen molar-refractivity contribution in [1.29, 1.82) is 0 Å². The third-order valence-corrected chi connectivity index (χ3v) is 15.9. The molecule has 0 saturated carbocycles. The number of allylic oxidation sites excluding steroid dienone is 12. The molecule has 0 aliphatic carbocycles. The van der Waals surface area contributed by atoms with Crippen LogP contribution < -0.4 is 0 Å². The Morgan fingerprint density at radius 1 is 0.256 bits per heavy atom. The minimum atomic E-state index is -0.782. The molecule has 0 fully saturated rings. The van der Waals surface area contributed by atoms with E-state index >= 15 is 0 Å². The van der Waals surface area contributed by atoms with Crippen LogP contribution in [0.5, 0.6) is 0 Å². The van der Waals surface area contributed by atoms with Crippen LogP contribution in [0.25, 0.3) is 0 Å². The lowest BCUT2D eigenvalue weighted by Gasteiger charge is -2.18. The normalized spacial score (nSPS) is 12.5. The van der Waals surface area contributed by atoms with Gasteiger partial charge in [0.25, 0.3) is 0 Å². The molecule has 0 aliphatic heterocycles. The fourth-order valence-corrected chi connectivity index (χ4v) is 10.6. The molecule has 0 aromatic heterocycles. The zero-order valence-electron chi connectivity index (χ0n) is 54.8. The monoisotopic (exact) mass is 1150 g/mol. The molecule has 0 heterocycles. The van der Waals surface area contributed by atoms with E-state index in [4.69, 9.17) is 14.2 Å². The fraction of sp³-hybridized carbons (Fsp3) is 0.803. The first-order valence-corrected chi connectivity index (χ1v) is 35.9. The number of carbonyl (C=O) groups excluding carboxylic acids is 3. The van der Waals surface area contributed by atoms with Crippen LogP contribution in [0.2, 0.25) is 0 Å². The molecule has 0 aromatic rings. The highest BCUT2D eigenvalue weighted by Gasteiger charge is 2.19. The van der Waals surface area contributed by atoms with Gasteiger partial charge in [0, 0.05) is 19.3 Å². The van der Waals surface area contributed by atoms with Gasteiger partial charge in [0.15, 0.2) is 6.10 Å². The summed E-state index contributed by atoms with van der Waals surface area (Å²) in [6.07, 6.45) is 92.2. The number of hydrogen-bond donors (Lipinski definition) is 0. The second-order valence-corrected chi connectivity index (χ2v) is 24.1. The maximum atomic E-state index is 12.9. The summed E-state index contributed by atoms with van der Waals surface area (Å²) in [6, 6.07) is 0. The van der Waals surface area contributed by atoms with E-state index in [1.54, 1.807) is 0 Å². The van der Waals surface area contributed by atoms with Gasteiger partial charge in [-0.05, 0) is 89.9 Å². The molecule has 0 radical (unpaired) electrons. The number of unbranched alkanes of at least 4 members (excludes halogenated alkanes) is 43. The molecule has 0 bridgehead atoms. The molecule has 82 heavy (non-hydrogen) atoms. The first kappa shape index (κ1) is 78.8. The van der Waals surface area contributed by atoms with E-state index in [-0.39, 0.29) is 31.1 Å². The first-order valence-electron chi connectivity index (χ1n) is 35.9. The lowest BCUT2D eigenvalue weighted by atomic mass is 10.0. The van der Waals surface area contributed by atoms with Crippen LogP contribution in [0, 0.1) is 0 Å². The summed E-state index contributed by atoms with van der Waals surface area (Å²) < 4.78 is 17.0. The van der Waals surface area contributed by atoms with E-state index in [1.165, 1.54) is 225 Å². The molecule has 1 unspecified atom stereocenters. The van der Waals surface area contributed by atoms with Gasteiger partial charge in [0.1, 0.15) is 13.2 Å². The predicted octanol–water partition coefficient (Wildman–Crippen LogP) is 24.8. The summed E-state index contributed by atoms with van der Waals surface area (Å²) in [6.45, 7) is 6.56. The second kappa shape index (κ2) is 70.3. The fourth-order valence-electron chi connectivity index (χ4n) is 10.6. The molecule has 6 heteroatoms. The number of rotatable bonds is 66. The second-order valence-electron chi connectivity index (χ2n) is 24.1. The zero-order chi connectivity index (χ0) is 59.2. The standard InChI is InChI=1S/C76H136O6/c1-4-7-10-13-16-19-22-25-28-30-32-33-34-35-36-37-38-39-40-41-42-43-44-46-48-51-54-57-60-63-66-69-75(78)81-72-73(71-80-74(77)68-65-62-59-56-53-50-47-27-24-21-18-15-12-9-6-3)82-76(79)70-67-64-61-58-55-52-49-45-31-29-26-23-20-17-14-11-8-5-2/h9,12,18,21-22,25,27,30,32,34-35,47,73H,4-8,10-11,13-17,19-20,23-24,26,28-29,31,33,36-46,48-72H2,1-3H3/b12-9-,21-18-,25-22-,32-30-,35-34-,47-27-. The van der Waals surface area contributed by atoms with E-state index in [0.717, 1.165) is 109 Å². The van der Waals surface area contributed by atoms with Crippen molar-refractivity contribution in [3.63, 3.8) is 0 Å². The highest BCUT2D eigenvalue weighted by atomic mass is 16.6. The van der Waals surface area contributed by atoms with Crippen LogP contribution in [0.1, 0.15) is 374 Å². The third-order valence-electron chi connectivity index (χ3n) is 15.9. The Morgan fingerprint density at radius 3 is 0.744 bits per heavy atom. The molecule has 1 atom stereocenters. The summed E-state index contributed by atoms with van der Waals surface area (Å²) >= 11 is 0. The number of hydrogen-bond acceptors (Lipinski definition) is 6. The summed E-state index contributed by atoms with van der Waals surface area (Å²) in [5, 5.41) is 0. The van der Waals surface area contributed by atoms with E-state index < -0.39 is 6.10 Å². The summed E-state index contributed by atoms with van der Waals surface area (Å²) in [4.78, 5) is 38.4. The Bertz CT molecular complexity index is 1500. The van der Waals surface area contributed by atoms with Gasteiger partial charge in [0.2, 0.25) is 0 Å². The van der Waals surface area contributed by atoms with Crippen molar-refractivity contribution in [2.45, 2.75) is 380 Å². The molecule has 0 rings (SSSR count). The molecule has 0 saturated heterocycles. The minimum absolute atomic E-state index is 0.0766. The SMILES string of the molecule is CC/C=C\C/C=C\C/C=C\CCCCCCCC(=O)OCC(COC(=O)CCCCCCCCCCCCCCCCCC/C=C\C/C=C\C/C=C\CCCCCCC)OC(=O)CCCCCCCCCCCCCCCCCCCC. The Kier molecular flexibility index (Phi) is 67.6. The van der Waals surface area contributed by atoms with Crippen molar-refractivity contribution in [1.82, 2.24) is 0 Å². The number of carbonyl (C=O) groups is 3. The molecule has 476 valence electrons. The van der Waals surface area contributed by atoms with E-state index in [9.17, 15) is 14.4 Å². The van der Waals surface area contributed by atoms with Gasteiger partial charge in [-0.15, -0.1) is 0 Å². The van der Waals surface area contributed by atoms with E-state index in [2.05, 4.69) is 93.7 Å². The van der Waals surface area contributed by atoms with Crippen LogP contribution in [-0.4, -0.2) is 37.2 Å². The Morgan fingerprint density at radius 2 is 0.476 bits per heavy atom. The lowest BCUT2D eigenvalue weighted by molar-refractivity contribution is -0.167. The van der Waals surface area contributed by atoms with Gasteiger partial charge in [0.05, 0.1) is 0 Å². The van der Waals surface area contributed by atoms with Crippen molar-refractivity contribution >= 4 is 17.9 Å². The molecular weight excluding hydrogens is 1010 g/mol. The number of esters is 3. The lowest BCUT2D eigenvalue weighted by Crippen LogP contribution is -2.30. The van der Waals surface area contributed by atoms with E-state index in [0.29, 0.717) is 19.3 Å². The smallest absolute Gasteiger partial charge is 0.306 e. The van der Waals surface area contributed by atoms with Crippen molar-refractivity contribution in [3.05, 3.63) is 72.9 Å². The third kappa shape index (κ3) is 67.6. The highest BCUT2D eigenvalue weighted by molar-refractivity contribution is 5.71. The van der Waals surface area contributed by atoms with Crippen LogP contribution in [-0.2, 0) is 28.6 Å². The van der Waals surface area contributed by atoms with Crippen LogP contribution in [0.4, 0.5) is 0 Å². The minimum Gasteiger partial charge on any atom is -0.462 e. The maximum Gasteiger partial charge on any atom is 0.306 e. The predicted molar refractivity (Wildman–Crippen MR) is 358 cm³/mol. The average Bonchev–Trinajstić information content (AvgIpc) is 3.47. The summed E-state index contributed by atoms with van der Waals surface area (Å²) in [5.74, 6) is -0.871. The van der Waals surface area contributed by atoms with Crippen LogP contribution in [0.3, 0.4) is 0 Å². The summed E-state index contributed by atoms with van der Waals surface area (Å²) in [7, 11) is 0. The Labute approximate surface area is 510 Å². The largest absolute Gasteiger partial charge is 0.462 e. The average molecular weight is 1150 g/mol. The van der Waals surface area contributed by atoms with Gasteiger partial charge in [-0.25, -0.2) is 0 Å².